The van der Waals surface area contributed by atoms with Crippen LogP contribution in [0.4, 0.5) is 5.69 Å². The maximum atomic E-state index is 9.08. The number of aryl methyl sites for hydroxylation is 2. The summed E-state index contributed by atoms with van der Waals surface area (Å²) in [5.74, 6) is 1.76. The Morgan fingerprint density at radius 2 is 1.88 bits per heavy atom. The predicted octanol–water partition coefficient (Wildman–Crippen LogP) is 4.39. The van der Waals surface area contributed by atoms with E-state index < -0.39 is 0 Å². The van der Waals surface area contributed by atoms with Crippen LogP contribution in [0.3, 0.4) is 0 Å². The van der Waals surface area contributed by atoms with E-state index >= 15 is 0 Å². The molecule has 24 heavy (non-hydrogen) atoms. The molecule has 2 rings (SSSR count). The van der Waals surface area contributed by atoms with Gasteiger partial charge in [-0.1, -0.05) is 24.3 Å². The Kier molecular flexibility index (Phi) is 7.10. The second-order valence-corrected chi connectivity index (χ2v) is 7.09. The summed E-state index contributed by atoms with van der Waals surface area (Å²) in [5, 5.41) is 16.2. The van der Waals surface area contributed by atoms with Crippen LogP contribution < -0.4 is 10.6 Å². The molecule has 0 amide bonds. The normalized spacial score (nSPS) is 10.0. The fraction of sp³-hybridized carbons (Fsp3) is 0.263. The van der Waals surface area contributed by atoms with Crippen LogP contribution in [0.15, 0.2) is 42.5 Å². The van der Waals surface area contributed by atoms with Gasteiger partial charge in [0, 0.05) is 23.7 Å². The van der Waals surface area contributed by atoms with E-state index in [1.165, 1.54) is 11.1 Å². The molecule has 0 bridgehead atoms. The molecule has 0 aromatic heterocycles. The van der Waals surface area contributed by atoms with Gasteiger partial charge in [-0.05, 0) is 61.0 Å². The molecule has 0 unspecified atom stereocenters. The van der Waals surface area contributed by atoms with Crippen LogP contribution in [0.25, 0.3) is 0 Å². The van der Waals surface area contributed by atoms with E-state index in [-0.39, 0.29) is 0 Å². The molecule has 2 aromatic carbocycles. The third-order valence-electron chi connectivity index (χ3n) is 3.41. The van der Waals surface area contributed by atoms with Crippen molar-refractivity contribution in [2.45, 2.75) is 19.6 Å². The van der Waals surface area contributed by atoms with Crippen molar-refractivity contribution < 1.29 is 0 Å². The van der Waals surface area contributed by atoms with Gasteiger partial charge in [0.25, 0.3) is 0 Å². The molecule has 0 saturated carbocycles. The Bertz CT molecular complexity index is 730. The van der Waals surface area contributed by atoms with Crippen molar-refractivity contribution in [1.29, 1.82) is 5.26 Å². The fourth-order valence-corrected chi connectivity index (χ4v) is 3.48. The topological polar surface area (TPSA) is 47.8 Å². The van der Waals surface area contributed by atoms with Crippen LogP contribution in [-0.4, -0.2) is 17.4 Å². The van der Waals surface area contributed by atoms with Gasteiger partial charge in [-0.3, -0.25) is 0 Å². The molecular weight excluding hydrogens is 334 g/mol. The van der Waals surface area contributed by atoms with Gasteiger partial charge in [0.1, 0.15) is 0 Å². The number of thioether (sulfide) groups is 1. The molecule has 3 nitrogen and oxygen atoms in total. The molecule has 2 aromatic rings. The average molecular weight is 356 g/mol. The minimum Gasteiger partial charge on any atom is -0.362 e. The quantitative estimate of drug-likeness (QED) is 0.594. The minimum atomic E-state index is 0.637. The van der Waals surface area contributed by atoms with Gasteiger partial charge in [0.05, 0.1) is 11.6 Å². The molecule has 124 valence electrons. The van der Waals surface area contributed by atoms with Gasteiger partial charge in [-0.15, -0.1) is 0 Å². The monoisotopic (exact) mass is 355 g/mol. The first-order valence-corrected chi connectivity index (χ1v) is 9.33. The second kappa shape index (κ2) is 9.31. The van der Waals surface area contributed by atoms with Crippen LogP contribution in [0.1, 0.15) is 22.3 Å². The summed E-state index contributed by atoms with van der Waals surface area (Å²) in [4.78, 5) is 0. The van der Waals surface area contributed by atoms with Gasteiger partial charge in [-0.25, -0.2) is 0 Å². The van der Waals surface area contributed by atoms with E-state index in [0.29, 0.717) is 5.11 Å². The number of benzene rings is 2. The summed E-state index contributed by atoms with van der Waals surface area (Å²) in [6.45, 7) is 4.94. The zero-order chi connectivity index (χ0) is 17.4. The van der Waals surface area contributed by atoms with Crippen molar-refractivity contribution in [3.63, 3.8) is 0 Å². The lowest BCUT2D eigenvalue weighted by Crippen LogP contribution is -2.30. The predicted molar refractivity (Wildman–Crippen MR) is 107 cm³/mol. The molecule has 0 fully saturated rings. The van der Waals surface area contributed by atoms with Crippen molar-refractivity contribution >= 4 is 34.8 Å². The van der Waals surface area contributed by atoms with Crippen LogP contribution in [0.5, 0.6) is 0 Å². The van der Waals surface area contributed by atoms with E-state index in [1.807, 2.05) is 24.3 Å². The summed E-state index contributed by atoms with van der Waals surface area (Å²) in [6, 6.07) is 16.3. The van der Waals surface area contributed by atoms with Crippen molar-refractivity contribution in [1.82, 2.24) is 5.32 Å². The summed E-state index contributed by atoms with van der Waals surface area (Å²) in [5.41, 5.74) is 5.28. The van der Waals surface area contributed by atoms with Gasteiger partial charge in [0.2, 0.25) is 0 Å². The first-order valence-electron chi connectivity index (χ1n) is 7.77. The van der Waals surface area contributed by atoms with Gasteiger partial charge in [-0.2, -0.15) is 17.0 Å². The van der Waals surface area contributed by atoms with Crippen molar-refractivity contribution in [2.75, 3.05) is 17.6 Å². The highest BCUT2D eigenvalue weighted by atomic mass is 32.2. The molecule has 0 radical (unpaired) electrons. The highest BCUT2D eigenvalue weighted by Crippen LogP contribution is 2.16. The van der Waals surface area contributed by atoms with Crippen molar-refractivity contribution in [3.05, 3.63) is 64.7 Å². The molecule has 0 saturated heterocycles. The Balaban J connectivity index is 1.70. The summed E-state index contributed by atoms with van der Waals surface area (Å²) < 4.78 is 0. The highest BCUT2D eigenvalue weighted by Gasteiger charge is 2.02. The molecule has 2 N–H and O–H groups in total. The number of thiocarbonyl (C=S) groups is 1. The zero-order valence-corrected chi connectivity index (χ0v) is 15.6. The minimum absolute atomic E-state index is 0.637. The second-order valence-electron chi connectivity index (χ2n) is 5.58. The SMILES string of the molecule is Cc1cc(C)cc(NC(=S)NCCSCc2ccccc2C#N)c1. The number of nitrogens with one attached hydrogen (secondary N) is 2. The van der Waals surface area contributed by atoms with E-state index in [0.717, 1.165) is 34.9 Å². The lowest BCUT2D eigenvalue weighted by atomic mass is 10.1. The molecule has 5 heteroatoms. The fourth-order valence-electron chi connectivity index (χ4n) is 2.40. The van der Waals surface area contributed by atoms with E-state index in [4.69, 9.17) is 17.5 Å². The number of nitrogens with zero attached hydrogens (tertiary/aromatic N) is 1. The van der Waals surface area contributed by atoms with Gasteiger partial charge < -0.3 is 10.6 Å². The van der Waals surface area contributed by atoms with E-state index in [1.54, 1.807) is 11.8 Å². The Labute approximate surface area is 153 Å². The maximum absolute atomic E-state index is 9.08. The summed E-state index contributed by atoms with van der Waals surface area (Å²) in [7, 11) is 0. The van der Waals surface area contributed by atoms with E-state index in [9.17, 15) is 0 Å². The number of hydrogen-bond donors (Lipinski definition) is 2. The molecule has 0 spiro atoms. The number of hydrogen-bond acceptors (Lipinski definition) is 3. The largest absolute Gasteiger partial charge is 0.362 e. The summed E-state index contributed by atoms with van der Waals surface area (Å²) >= 11 is 7.12. The third kappa shape index (κ3) is 5.88. The maximum Gasteiger partial charge on any atom is 0.170 e. The molecule has 0 heterocycles. The summed E-state index contributed by atoms with van der Waals surface area (Å²) in [6.07, 6.45) is 0. The molecule has 0 atom stereocenters. The van der Waals surface area contributed by atoms with E-state index in [2.05, 4.69) is 48.7 Å². The Morgan fingerprint density at radius 1 is 1.17 bits per heavy atom. The molecule has 0 aliphatic heterocycles. The lowest BCUT2D eigenvalue weighted by Gasteiger charge is -2.12. The molecule has 0 aliphatic carbocycles. The van der Waals surface area contributed by atoms with Crippen LogP contribution in [-0.2, 0) is 5.75 Å². The van der Waals surface area contributed by atoms with Crippen molar-refractivity contribution in [2.24, 2.45) is 0 Å². The average Bonchev–Trinajstić information content (AvgIpc) is 2.54. The van der Waals surface area contributed by atoms with Crippen molar-refractivity contribution in [3.8, 4) is 6.07 Å². The smallest absolute Gasteiger partial charge is 0.170 e. The number of rotatable bonds is 6. The first-order chi connectivity index (χ1) is 11.6. The lowest BCUT2D eigenvalue weighted by molar-refractivity contribution is 0.989. The number of nitriles is 1. The first kappa shape index (κ1) is 18.3. The van der Waals surface area contributed by atoms with Crippen LogP contribution in [0, 0.1) is 25.2 Å². The van der Waals surface area contributed by atoms with Gasteiger partial charge >= 0.3 is 0 Å². The zero-order valence-electron chi connectivity index (χ0n) is 13.9. The van der Waals surface area contributed by atoms with Crippen LogP contribution >= 0.6 is 24.0 Å². The highest BCUT2D eigenvalue weighted by molar-refractivity contribution is 7.98. The van der Waals surface area contributed by atoms with Crippen LogP contribution in [0.2, 0.25) is 0 Å². The molecular formula is C19H21N3S2. The van der Waals surface area contributed by atoms with Gasteiger partial charge in [0.15, 0.2) is 5.11 Å². The third-order valence-corrected chi connectivity index (χ3v) is 4.66. The Morgan fingerprint density at radius 3 is 2.58 bits per heavy atom. The Hall–Kier alpha value is -2.03. The number of anilines is 1. The molecule has 0 aliphatic rings. The standard InChI is InChI=1S/C19H21N3S2/c1-14-9-15(2)11-18(10-14)22-19(23)21-7-8-24-13-17-6-4-3-5-16(17)12-20/h3-6,9-11H,7-8,13H2,1-2H3,(H2,21,22,23).